The van der Waals surface area contributed by atoms with Crippen molar-refractivity contribution in [3.8, 4) is 0 Å². The van der Waals surface area contributed by atoms with E-state index in [9.17, 15) is 14.4 Å². The van der Waals surface area contributed by atoms with Crippen LogP contribution in [-0.2, 0) is 20.8 Å². The molecule has 2 aliphatic heterocycles. The lowest BCUT2D eigenvalue weighted by Gasteiger charge is -2.17. The molecule has 0 saturated carbocycles. The van der Waals surface area contributed by atoms with Crippen LogP contribution in [0, 0.1) is 6.92 Å². The summed E-state index contributed by atoms with van der Waals surface area (Å²) in [4.78, 5) is 43.7. The van der Waals surface area contributed by atoms with E-state index in [2.05, 4.69) is 10.6 Å². The molecule has 2 aliphatic rings. The van der Waals surface area contributed by atoms with Gasteiger partial charge in [-0.2, -0.15) is 0 Å². The Labute approximate surface area is 225 Å². The summed E-state index contributed by atoms with van der Waals surface area (Å²) in [6, 6.07) is 12.5. The zero-order valence-corrected chi connectivity index (χ0v) is 22.2. The fourth-order valence-electron chi connectivity index (χ4n) is 4.68. The van der Waals surface area contributed by atoms with Crippen molar-refractivity contribution in [1.29, 1.82) is 0 Å². The normalized spacial score (nSPS) is 19.1. The van der Waals surface area contributed by atoms with Crippen molar-refractivity contribution in [3.05, 3.63) is 63.9 Å². The molecule has 5 rings (SSSR count). The van der Waals surface area contributed by atoms with Crippen LogP contribution in [0.5, 0.6) is 0 Å². The van der Waals surface area contributed by atoms with Crippen LogP contribution in [0.4, 0.5) is 5.69 Å². The predicted octanol–water partition coefficient (Wildman–Crippen LogP) is 3.52. The first-order valence-electron chi connectivity index (χ1n) is 13.0. The molecule has 38 heavy (non-hydrogen) atoms. The molecule has 2 fully saturated rings. The highest BCUT2D eigenvalue weighted by atomic mass is 32.2. The van der Waals surface area contributed by atoms with E-state index in [1.807, 2.05) is 31.2 Å². The summed E-state index contributed by atoms with van der Waals surface area (Å²) in [5, 5.41) is 6.64. The fraction of sp³-hybridized carbons (Fsp3) is 0.429. The molecule has 0 radical (unpaired) electrons. The number of ether oxygens (including phenoxy) is 2. The second-order valence-electron chi connectivity index (χ2n) is 9.73. The van der Waals surface area contributed by atoms with Crippen molar-refractivity contribution < 1.29 is 19.1 Å². The topological polar surface area (TPSA) is 112 Å². The number of hydrogen-bond acceptors (Lipinski definition) is 7. The van der Waals surface area contributed by atoms with E-state index in [0.717, 1.165) is 37.9 Å². The lowest BCUT2D eigenvalue weighted by atomic mass is 10.1. The maximum absolute atomic E-state index is 13.5. The first kappa shape index (κ1) is 26.4. The number of carbonyl (C=O) groups excluding carboxylic acids is 2. The summed E-state index contributed by atoms with van der Waals surface area (Å²) in [6.07, 6.45) is 3.72. The van der Waals surface area contributed by atoms with Crippen molar-refractivity contribution in [3.63, 3.8) is 0 Å². The molecule has 3 heterocycles. The highest BCUT2D eigenvalue weighted by molar-refractivity contribution is 7.99. The van der Waals surface area contributed by atoms with Crippen LogP contribution >= 0.6 is 11.8 Å². The van der Waals surface area contributed by atoms with E-state index in [-0.39, 0.29) is 35.3 Å². The minimum Gasteiger partial charge on any atom is -0.376 e. The average molecular weight is 537 g/mol. The molecule has 2 amide bonds. The molecule has 2 N–H and O–H groups in total. The SMILES string of the molecule is Cc1ccc(NC(=O)CSc2nc3cc(C(=O)NC[C@@H]4CCCO4)ccc3c(=O)n2C[C@H]2CCCO2)cc1. The molecule has 0 spiro atoms. The van der Waals surface area contributed by atoms with Gasteiger partial charge in [0.25, 0.3) is 11.5 Å². The molecule has 1 aromatic heterocycles. The van der Waals surface area contributed by atoms with Gasteiger partial charge in [0, 0.05) is 31.0 Å². The summed E-state index contributed by atoms with van der Waals surface area (Å²) in [5.74, 6) is -0.350. The van der Waals surface area contributed by atoms with Gasteiger partial charge in [-0.15, -0.1) is 0 Å². The largest absolute Gasteiger partial charge is 0.376 e. The molecule has 3 aromatic rings. The number of fused-ring (bicyclic) bond motifs is 1. The van der Waals surface area contributed by atoms with Crippen molar-refractivity contribution >= 4 is 40.2 Å². The quantitative estimate of drug-likeness (QED) is 0.318. The van der Waals surface area contributed by atoms with Crippen molar-refractivity contribution in [1.82, 2.24) is 14.9 Å². The summed E-state index contributed by atoms with van der Waals surface area (Å²) in [7, 11) is 0. The number of aryl methyl sites for hydroxylation is 1. The van der Waals surface area contributed by atoms with Crippen LogP contribution in [0.3, 0.4) is 0 Å². The van der Waals surface area contributed by atoms with Crippen LogP contribution in [-0.4, -0.2) is 59.1 Å². The van der Waals surface area contributed by atoms with Crippen LogP contribution < -0.4 is 16.2 Å². The van der Waals surface area contributed by atoms with E-state index in [1.165, 1.54) is 11.8 Å². The van der Waals surface area contributed by atoms with E-state index < -0.39 is 0 Å². The minimum absolute atomic E-state index is 0.0385. The molecule has 2 saturated heterocycles. The third-order valence-electron chi connectivity index (χ3n) is 6.77. The Morgan fingerprint density at radius 2 is 1.79 bits per heavy atom. The molecule has 9 nitrogen and oxygen atoms in total. The Balaban J connectivity index is 1.37. The third kappa shape index (κ3) is 6.43. The van der Waals surface area contributed by atoms with Gasteiger partial charge in [0.2, 0.25) is 5.91 Å². The number of hydrogen-bond donors (Lipinski definition) is 2. The number of benzene rings is 2. The van der Waals surface area contributed by atoms with Crippen LogP contribution in [0.25, 0.3) is 10.9 Å². The second kappa shape index (κ2) is 12.1. The Morgan fingerprint density at radius 3 is 2.50 bits per heavy atom. The maximum atomic E-state index is 13.5. The molecule has 0 aliphatic carbocycles. The van der Waals surface area contributed by atoms with Crippen molar-refractivity contribution in [2.75, 3.05) is 30.8 Å². The molecule has 200 valence electrons. The smallest absolute Gasteiger partial charge is 0.262 e. The van der Waals surface area contributed by atoms with Crippen LogP contribution in [0.1, 0.15) is 41.6 Å². The monoisotopic (exact) mass is 536 g/mol. The third-order valence-corrected chi connectivity index (χ3v) is 7.75. The molecular weight excluding hydrogens is 504 g/mol. The molecule has 0 unspecified atom stereocenters. The van der Waals surface area contributed by atoms with E-state index in [0.29, 0.717) is 47.0 Å². The zero-order chi connectivity index (χ0) is 26.5. The lowest BCUT2D eigenvalue weighted by Crippen LogP contribution is -2.32. The number of nitrogens with one attached hydrogen (secondary N) is 2. The zero-order valence-electron chi connectivity index (χ0n) is 21.4. The van der Waals surface area contributed by atoms with Gasteiger partial charge >= 0.3 is 0 Å². The Bertz CT molecular complexity index is 1360. The first-order valence-corrected chi connectivity index (χ1v) is 14.0. The number of nitrogens with zero attached hydrogens (tertiary/aromatic N) is 2. The summed E-state index contributed by atoms with van der Waals surface area (Å²) >= 11 is 1.20. The van der Waals surface area contributed by atoms with E-state index in [1.54, 1.807) is 22.8 Å². The first-order chi connectivity index (χ1) is 18.5. The number of amides is 2. The molecule has 10 heteroatoms. The van der Waals surface area contributed by atoms with Crippen LogP contribution in [0.15, 0.2) is 52.4 Å². The minimum atomic E-state index is -0.237. The summed E-state index contributed by atoms with van der Waals surface area (Å²) < 4.78 is 13.0. The van der Waals surface area contributed by atoms with E-state index >= 15 is 0 Å². The number of carbonyl (C=O) groups is 2. The van der Waals surface area contributed by atoms with Crippen molar-refractivity contribution in [2.24, 2.45) is 0 Å². The Kier molecular flexibility index (Phi) is 8.41. The summed E-state index contributed by atoms with van der Waals surface area (Å²) in [6.45, 7) is 4.20. The maximum Gasteiger partial charge on any atom is 0.262 e. The van der Waals surface area contributed by atoms with Crippen molar-refractivity contribution in [2.45, 2.75) is 56.5 Å². The number of thioether (sulfide) groups is 1. The van der Waals surface area contributed by atoms with E-state index in [4.69, 9.17) is 14.5 Å². The van der Waals surface area contributed by atoms with Gasteiger partial charge in [0.15, 0.2) is 5.16 Å². The predicted molar refractivity (Wildman–Crippen MR) is 147 cm³/mol. The average Bonchev–Trinajstić information content (AvgIpc) is 3.63. The van der Waals surface area contributed by atoms with Gasteiger partial charge in [0.05, 0.1) is 35.4 Å². The molecule has 2 aromatic carbocycles. The molecule has 0 bridgehead atoms. The summed E-state index contributed by atoms with van der Waals surface area (Å²) in [5.41, 5.74) is 2.45. The standard InChI is InChI=1S/C28H32N4O5S/c1-18-6-9-20(10-7-18)30-25(33)17-38-28-31-24-14-19(26(34)29-15-21-4-2-12-36-21)8-11-23(24)27(35)32(28)16-22-5-3-13-37-22/h6-11,14,21-22H,2-5,12-13,15-17H2,1H3,(H,29,34)(H,30,33)/t21-,22+/m0/s1. The fourth-order valence-corrected chi connectivity index (χ4v) is 5.49. The van der Waals surface area contributed by atoms with Crippen LogP contribution in [0.2, 0.25) is 0 Å². The van der Waals surface area contributed by atoms with Gasteiger partial charge in [-0.3, -0.25) is 19.0 Å². The lowest BCUT2D eigenvalue weighted by molar-refractivity contribution is -0.113. The van der Waals surface area contributed by atoms with Gasteiger partial charge < -0.3 is 20.1 Å². The van der Waals surface area contributed by atoms with Gasteiger partial charge in [-0.05, 0) is 62.9 Å². The Morgan fingerprint density at radius 1 is 1.05 bits per heavy atom. The number of anilines is 1. The van der Waals surface area contributed by atoms with Gasteiger partial charge in [0.1, 0.15) is 0 Å². The molecular formula is C28H32N4O5S. The second-order valence-corrected chi connectivity index (χ2v) is 10.7. The number of rotatable bonds is 9. The molecule has 2 atom stereocenters. The number of aromatic nitrogens is 2. The van der Waals surface area contributed by atoms with Gasteiger partial charge in [-0.1, -0.05) is 29.5 Å². The highest BCUT2D eigenvalue weighted by Gasteiger charge is 2.22. The van der Waals surface area contributed by atoms with Gasteiger partial charge in [-0.25, -0.2) is 4.98 Å². The Hall–Kier alpha value is -3.21. The highest BCUT2D eigenvalue weighted by Crippen LogP contribution is 2.22.